The summed E-state index contributed by atoms with van der Waals surface area (Å²) < 4.78 is 14.3. The molecule has 0 spiro atoms. The van der Waals surface area contributed by atoms with E-state index in [1.165, 1.54) is 24.3 Å². The number of nitrogens with one attached hydrogen (secondary N) is 1. The Morgan fingerprint density at radius 2 is 1.87 bits per heavy atom. The summed E-state index contributed by atoms with van der Waals surface area (Å²) in [5.41, 5.74) is 6.61. The topological polar surface area (TPSA) is 75.4 Å². The quantitative estimate of drug-likeness (QED) is 0.752. The molecule has 1 atom stereocenters. The number of carbonyl (C=O) groups is 2. The first-order valence-corrected chi connectivity index (χ1v) is 7.23. The van der Waals surface area contributed by atoms with E-state index in [1.54, 1.807) is 31.2 Å². The van der Waals surface area contributed by atoms with Gasteiger partial charge in [-0.15, -0.1) is 0 Å². The molecule has 0 saturated carbocycles. The number of hydrogen-bond acceptors (Lipinski definition) is 3. The fourth-order valence-corrected chi connectivity index (χ4v) is 2.18. The number of nitrogens with zero attached hydrogens (tertiary/aromatic N) is 1. The Balaban J connectivity index is 2.06. The van der Waals surface area contributed by atoms with Gasteiger partial charge in [-0.25, -0.2) is 13.5 Å². The van der Waals surface area contributed by atoms with Gasteiger partial charge in [-0.3, -0.25) is 4.79 Å². The number of anilines is 1. The third-order valence-electron chi connectivity index (χ3n) is 3.28. The zero-order valence-corrected chi connectivity index (χ0v) is 13.3. The van der Waals surface area contributed by atoms with Gasteiger partial charge in [0.25, 0.3) is 0 Å². The average molecular weight is 333 g/mol. The number of halogens is 1. The fraction of sp³-hybridized carbons (Fsp3) is 0.125. The Morgan fingerprint density at radius 1 is 1.22 bits per heavy atom. The van der Waals surface area contributed by atoms with Crippen molar-refractivity contribution >= 4 is 30.4 Å². The molecule has 5 nitrogen and oxygen atoms in total. The van der Waals surface area contributed by atoms with Crippen molar-refractivity contribution in [1.82, 2.24) is 5.32 Å². The number of thiol groups is 1. The Labute approximate surface area is 138 Å². The molecule has 23 heavy (non-hydrogen) atoms. The van der Waals surface area contributed by atoms with Crippen molar-refractivity contribution < 1.29 is 14.0 Å². The van der Waals surface area contributed by atoms with Crippen LogP contribution in [0.15, 0.2) is 48.5 Å². The zero-order valence-electron chi connectivity index (χ0n) is 12.4. The molecule has 120 valence electrons. The van der Waals surface area contributed by atoms with Crippen molar-refractivity contribution in [2.75, 3.05) is 4.31 Å². The average Bonchev–Trinajstić information content (AvgIpc) is 2.54. The molecule has 0 aliphatic rings. The number of nitrogens with two attached hydrogens (primary N) is 1. The van der Waals surface area contributed by atoms with Crippen LogP contribution in [-0.4, -0.2) is 11.9 Å². The molecule has 2 rings (SSSR count). The van der Waals surface area contributed by atoms with E-state index >= 15 is 0 Å². The number of amides is 3. The second kappa shape index (κ2) is 7.15. The van der Waals surface area contributed by atoms with E-state index in [0.717, 1.165) is 4.31 Å². The van der Waals surface area contributed by atoms with Crippen molar-refractivity contribution in [3.63, 3.8) is 0 Å². The number of rotatable bonds is 4. The highest BCUT2D eigenvalue weighted by atomic mass is 32.1. The molecule has 3 amide bonds. The number of carbonyl (C=O) groups excluding carboxylic acids is 2. The highest BCUT2D eigenvalue weighted by Gasteiger charge is 2.16. The Hall–Kier alpha value is -2.54. The molecule has 0 aliphatic carbocycles. The van der Waals surface area contributed by atoms with Gasteiger partial charge in [-0.05, 0) is 48.9 Å². The Bertz CT molecular complexity index is 722. The van der Waals surface area contributed by atoms with E-state index in [4.69, 9.17) is 5.73 Å². The van der Waals surface area contributed by atoms with Crippen molar-refractivity contribution in [3.8, 4) is 0 Å². The molecule has 0 fully saturated rings. The maximum atomic E-state index is 13.2. The summed E-state index contributed by atoms with van der Waals surface area (Å²) in [7, 11) is 0. The Morgan fingerprint density at radius 3 is 2.43 bits per heavy atom. The maximum absolute atomic E-state index is 13.2. The van der Waals surface area contributed by atoms with E-state index in [1.807, 2.05) is 0 Å². The van der Waals surface area contributed by atoms with Crippen LogP contribution in [0.5, 0.6) is 0 Å². The molecule has 2 aromatic rings. The van der Waals surface area contributed by atoms with Crippen LogP contribution < -0.4 is 15.4 Å². The summed E-state index contributed by atoms with van der Waals surface area (Å²) in [5.74, 6) is -0.917. The number of benzene rings is 2. The number of urea groups is 1. The summed E-state index contributed by atoms with van der Waals surface area (Å²) >= 11 is 4.14. The smallest absolute Gasteiger partial charge is 0.332 e. The third-order valence-corrected chi connectivity index (χ3v) is 3.69. The standard InChI is InChI=1S/C16H16FN3O2S/c1-10(12-3-2-4-13(17)9-12)19-16(22)20(23)14-7-5-11(6-8-14)15(18)21/h2-10,23H,1H3,(H2,18,21)(H,19,22). The highest BCUT2D eigenvalue weighted by Crippen LogP contribution is 2.19. The van der Waals surface area contributed by atoms with Crippen molar-refractivity contribution in [2.45, 2.75) is 13.0 Å². The van der Waals surface area contributed by atoms with Crippen molar-refractivity contribution in [2.24, 2.45) is 5.73 Å². The van der Waals surface area contributed by atoms with Gasteiger partial charge in [0.2, 0.25) is 5.91 Å². The molecule has 3 N–H and O–H groups in total. The molecule has 0 bridgehead atoms. The van der Waals surface area contributed by atoms with Crippen LogP contribution in [0.3, 0.4) is 0 Å². The van der Waals surface area contributed by atoms with Gasteiger partial charge in [-0.1, -0.05) is 24.9 Å². The summed E-state index contributed by atoms with van der Waals surface area (Å²) in [6, 6.07) is 11.2. The lowest BCUT2D eigenvalue weighted by Gasteiger charge is -2.20. The van der Waals surface area contributed by atoms with Crippen molar-refractivity contribution in [3.05, 3.63) is 65.5 Å². The minimum atomic E-state index is -0.550. The van der Waals surface area contributed by atoms with Crippen LogP contribution in [0.1, 0.15) is 28.9 Å². The predicted octanol–water partition coefficient (Wildman–Crippen LogP) is 3.05. The lowest BCUT2D eigenvalue weighted by Crippen LogP contribution is -2.35. The molecule has 0 aliphatic heterocycles. The molecule has 0 saturated heterocycles. The SMILES string of the molecule is CC(NC(=O)N(S)c1ccc(C(N)=O)cc1)c1cccc(F)c1. The Kier molecular flexibility index (Phi) is 5.23. The summed E-state index contributed by atoms with van der Waals surface area (Å²) in [6.45, 7) is 1.74. The van der Waals surface area contributed by atoms with Crippen LogP contribution in [-0.2, 0) is 0 Å². The fourth-order valence-electron chi connectivity index (χ4n) is 1.99. The minimum Gasteiger partial charge on any atom is -0.366 e. The lowest BCUT2D eigenvalue weighted by atomic mass is 10.1. The van der Waals surface area contributed by atoms with Gasteiger partial charge < -0.3 is 11.1 Å². The first-order chi connectivity index (χ1) is 10.9. The maximum Gasteiger partial charge on any atom is 0.332 e. The van der Waals surface area contributed by atoms with Crippen LogP contribution >= 0.6 is 12.8 Å². The molecule has 7 heteroatoms. The first kappa shape index (κ1) is 16.8. The number of primary amides is 1. The molecule has 1 unspecified atom stereocenters. The van der Waals surface area contributed by atoms with Crippen LogP contribution in [0.4, 0.5) is 14.9 Å². The monoisotopic (exact) mass is 333 g/mol. The van der Waals surface area contributed by atoms with Gasteiger partial charge in [-0.2, -0.15) is 0 Å². The largest absolute Gasteiger partial charge is 0.366 e. The summed E-state index contributed by atoms with van der Waals surface area (Å²) in [6.07, 6.45) is 0. The van der Waals surface area contributed by atoms with Crippen LogP contribution in [0.25, 0.3) is 0 Å². The lowest BCUT2D eigenvalue weighted by molar-refractivity contribution is 0.100. The molecular formula is C16H16FN3O2S. The van der Waals surface area contributed by atoms with Gasteiger partial charge >= 0.3 is 6.03 Å². The molecule has 0 aromatic heterocycles. The first-order valence-electron chi connectivity index (χ1n) is 6.83. The third kappa shape index (κ3) is 4.23. The van der Waals surface area contributed by atoms with Gasteiger partial charge in [0.15, 0.2) is 0 Å². The number of hydrogen-bond donors (Lipinski definition) is 3. The van der Waals surface area contributed by atoms with E-state index in [0.29, 0.717) is 16.8 Å². The van der Waals surface area contributed by atoms with E-state index in [-0.39, 0.29) is 5.82 Å². The van der Waals surface area contributed by atoms with Crippen LogP contribution in [0, 0.1) is 5.82 Å². The van der Waals surface area contributed by atoms with Crippen molar-refractivity contribution in [1.29, 1.82) is 0 Å². The predicted molar refractivity (Wildman–Crippen MR) is 89.8 cm³/mol. The molecule has 0 heterocycles. The summed E-state index contributed by atoms with van der Waals surface area (Å²) in [4.78, 5) is 23.2. The van der Waals surface area contributed by atoms with E-state index in [2.05, 4.69) is 18.1 Å². The summed E-state index contributed by atoms with van der Waals surface area (Å²) in [5, 5.41) is 2.71. The van der Waals surface area contributed by atoms with E-state index in [9.17, 15) is 14.0 Å². The second-order valence-electron chi connectivity index (χ2n) is 4.95. The van der Waals surface area contributed by atoms with E-state index < -0.39 is 18.0 Å². The molecule has 0 radical (unpaired) electrons. The molecule has 2 aromatic carbocycles. The zero-order chi connectivity index (χ0) is 17.0. The van der Waals surface area contributed by atoms with Gasteiger partial charge in [0, 0.05) is 5.56 Å². The highest BCUT2D eigenvalue weighted by molar-refractivity contribution is 7.82. The van der Waals surface area contributed by atoms with Gasteiger partial charge in [0.05, 0.1) is 11.7 Å². The van der Waals surface area contributed by atoms with Gasteiger partial charge in [0.1, 0.15) is 5.82 Å². The van der Waals surface area contributed by atoms with Crippen LogP contribution in [0.2, 0.25) is 0 Å². The second-order valence-corrected chi connectivity index (χ2v) is 5.35. The molecular weight excluding hydrogens is 317 g/mol. The minimum absolute atomic E-state index is 0.337. The normalized spacial score (nSPS) is 11.6.